The molecule has 0 fully saturated rings. The lowest BCUT2D eigenvalue weighted by Crippen LogP contribution is -2.07. The molecule has 0 aliphatic carbocycles. The van der Waals surface area contributed by atoms with E-state index in [1.807, 2.05) is 0 Å². The highest BCUT2D eigenvalue weighted by Gasteiger charge is 2.44. The van der Waals surface area contributed by atoms with Crippen molar-refractivity contribution in [2.45, 2.75) is 6.18 Å². The minimum absolute atomic E-state index is 0.0397. The van der Waals surface area contributed by atoms with Crippen LogP contribution in [0.4, 0.5) is 18.9 Å². The molecule has 1 aromatic carbocycles. The minimum atomic E-state index is -4.90. The summed E-state index contributed by atoms with van der Waals surface area (Å²) < 4.78 is 38.3. The molecule has 0 saturated heterocycles. The number of rotatable bonds is 1. The molecule has 0 aliphatic heterocycles. The first kappa shape index (κ1) is 13.2. The predicted molar refractivity (Wildman–Crippen MR) is 57.8 cm³/mol. The Kier molecular flexibility index (Phi) is 3.08. The highest BCUT2D eigenvalue weighted by Crippen LogP contribution is 2.40. The lowest BCUT2D eigenvalue weighted by molar-refractivity contribution is -0.276. The van der Waals surface area contributed by atoms with Crippen molar-refractivity contribution in [1.82, 2.24) is 9.78 Å². The summed E-state index contributed by atoms with van der Waals surface area (Å²) in [5, 5.41) is 23.6. The van der Waals surface area contributed by atoms with Crippen molar-refractivity contribution < 1.29 is 18.3 Å². The van der Waals surface area contributed by atoms with Crippen molar-refractivity contribution in [2.24, 2.45) is 0 Å². The lowest BCUT2D eigenvalue weighted by Gasteiger charge is -2.07. The van der Waals surface area contributed by atoms with E-state index in [1.54, 1.807) is 0 Å². The van der Waals surface area contributed by atoms with Crippen LogP contribution in [-0.4, -0.2) is 9.78 Å². The van der Waals surface area contributed by atoms with E-state index in [4.69, 9.17) is 17.0 Å². The van der Waals surface area contributed by atoms with E-state index in [-0.39, 0.29) is 10.7 Å². The molecule has 9 heteroatoms. The van der Waals surface area contributed by atoms with Gasteiger partial charge in [0, 0.05) is 5.02 Å². The summed E-state index contributed by atoms with van der Waals surface area (Å²) >= 11 is 5.68. The fourth-order valence-electron chi connectivity index (χ4n) is 1.46. The first-order chi connectivity index (χ1) is 8.84. The number of nitrogens with zero attached hydrogens (tertiary/aromatic N) is 4. The summed E-state index contributed by atoms with van der Waals surface area (Å²) in [4.78, 5) is 2.36. The van der Waals surface area contributed by atoms with Crippen LogP contribution < -0.4 is 5.11 Å². The van der Waals surface area contributed by atoms with E-state index in [0.29, 0.717) is 4.68 Å². The van der Waals surface area contributed by atoms with Crippen LogP contribution in [-0.2, 0) is 6.18 Å². The average molecular weight is 289 g/mol. The van der Waals surface area contributed by atoms with Gasteiger partial charge in [-0.25, -0.2) is 4.68 Å². The normalized spacial score (nSPS) is 11.3. The molecule has 1 aromatic heterocycles. The Bertz CT molecular complexity index is 674. The Balaban J connectivity index is 2.68. The summed E-state index contributed by atoms with van der Waals surface area (Å²) in [5.41, 5.74) is -2.68. The molecule has 0 aliphatic rings. The molecule has 0 spiro atoms. The van der Waals surface area contributed by atoms with Crippen molar-refractivity contribution in [1.29, 1.82) is 5.39 Å². The number of diazo groups is 1. The van der Waals surface area contributed by atoms with Crippen LogP contribution in [0, 0.1) is 5.39 Å². The Morgan fingerprint density at radius 2 is 2.05 bits per heavy atom. The zero-order valence-corrected chi connectivity index (χ0v) is 9.77. The van der Waals surface area contributed by atoms with E-state index < -0.39 is 23.4 Å². The van der Waals surface area contributed by atoms with Crippen molar-refractivity contribution in [3.05, 3.63) is 40.0 Å². The van der Waals surface area contributed by atoms with Gasteiger partial charge in [-0.2, -0.15) is 18.3 Å². The fourth-order valence-corrected chi connectivity index (χ4v) is 1.64. The number of hydrogen-bond donors (Lipinski definition) is 0. The van der Waals surface area contributed by atoms with E-state index >= 15 is 0 Å². The third kappa shape index (κ3) is 2.32. The molecule has 98 valence electrons. The third-order valence-corrected chi connectivity index (χ3v) is 2.48. The fraction of sp³-hybridized carbons (Fsp3) is 0.100. The van der Waals surface area contributed by atoms with Gasteiger partial charge in [0.1, 0.15) is 0 Å². The molecule has 0 unspecified atom stereocenters. The maximum atomic E-state index is 12.6. The maximum Gasteiger partial charge on any atom is 0.443 e. The SMILES string of the molecule is N#[N+]c1c(C(F)(F)F)nn(-c2cccc(Cl)c2)c1[O-]. The van der Waals surface area contributed by atoms with E-state index in [9.17, 15) is 18.3 Å². The highest BCUT2D eigenvalue weighted by molar-refractivity contribution is 6.30. The zero-order valence-electron chi connectivity index (χ0n) is 9.02. The second-order valence-electron chi connectivity index (χ2n) is 3.49. The monoisotopic (exact) mass is 288 g/mol. The zero-order chi connectivity index (χ0) is 14.2. The van der Waals surface area contributed by atoms with Gasteiger partial charge in [-0.05, 0) is 18.2 Å². The molecule has 2 rings (SSSR count). The largest absolute Gasteiger partial charge is 0.853 e. The Morgan fingerprint density at radius 1 is 1.37 bits per heavy atom. The smallest absolute Gasteiger partial charge is 0.443 e. The van der Waals surface area contributed by atoms with Gasteiger partial charge in [0.15, 0.2) is 4.98 Å². The van der Waals surface area contributed by atoms with Gasteiger partial charge in [-0.1, -0.05) is 17.7 Å². The lowest BCUT2D eigenvalue weighted by atomic mass is 10.3. The number of alkyl halides is 3. The summed E-state index contributed by atoms with van der Waals surface area (Å²) in [6, 6.07) is 5.54. The summed E-state index contributed by atoms with van der Waals surface area (Å²) in [7, 11) is 0. The van der Waals surface area contributed by atoms with Gasteiger partial charge in [0.2, 0.25) is 5.39 Å². The molecule has 0 bridgehead atoms. The van der Waals surface area contributed by atoms with E-state index in [0.717, 1.165) is 0 Å². The van der Waals surface area contributed by atoms with E-state index in [1.165, 1.54) is 24.3 Å². The Hall–Kier alpha value is -2.27. The average Bonchev–Trinajstić information content (AvgIpc) is 2.66. The second kappa shape index (κ2) is 4.44. The molecule has 0 saturated carbocycles. The standard InChI is InChI=1S/C10H4ClF3N4O/c11-5-2-1-3-6(4-5)18-9(19)7(16-15)8(17-18)10(12,13)14/h1-4H. The van der Waals surface area contributed by atoms with Gasteiger partial charge >= 0.3 is 11.9 Å². The number of aromatic nitrogens is 2. The number of halogens is 4. The van der Waals surface area contributed by atoms with Crippen molar-refractivity contribution in [2.75, 3.05) is 0 Å². The number of hydrogen-bond acceptors (Lipinski definition) is 3. The molecule has 19 heavy (non-hydrogen) atoms. The van der Waals surface area contributed by atoms with Gasteiger partial charge in [0.05, 0.1) is 11.6 Å². The molecule has 2 aromatic rings. The molecule has 0 radical (unpaired) electrons. The van der Waals surface area contributed by atoms with Crippen molar-refractivity contribution >= 4 is 17.3 Å². The third-order valence-electron chi connectivity index (χ3n) is 2.24. The number of benzene rings is 1. The van der Waals surface area contributed by atoms with E-state index in [2.05, 4.69) is 10.1 Å². The summed E-state index contributed by atoms with van der Waals surface area (Å²) in [6.45, 7) is 0. The second-order valence-corrected chi connectivity index (χ2v) is 3.93. The van der Waals surface area contributed by atoms with Crippen LogP contribution in [0.5, 0.6) is 5.88 Å². The van der Waals surface area contributed by atoms with Gasteiger partial charge in [0.25, 0.3) is 5.69 Å². The molecular formula is C10H4ClF3N4O. The van der Waals surface area contributed by atoms with Gasteiger partial charge < -0.3 is 5.11 Å². The van der Waals surface area contributed by atoms with Crippen LogP contribution in [0.2, 0.25) is 5.02 Å². The first-order valence-corrected chi connectivity index (χ1v) is 5.20. The van der Waals surface area contributed by atoms with Crippen molar-refractivity contribution in [3.8, 4) is 11.6 Å². The quantitative estimate of drug-likeness (QED) is 0.757. The van der Waals surface area contributed by atoms with Crippen LogP contribution in [0.1, 0.15) is 5.69 Å². The summed E-state index contributed by atoms with van der Waals surface area (Å²) in [6.07, 6.45) is -4.90. The first-order valence-electron chi connectivity index (χ1n) is 4.83. The molecular weight excluding hydrogens is 285 g/mol. The molecule has 0 N–H and O–H groups in total. The van der Waals surface area contributed by atoms with Crippen molar-refractivity contribution in [3.63, 3.8) is 0 Å². The Morgan fingerprint density at radius 3 is 2.53 bits per heavy atom. The molecule has 1 heterocycles. The minimum Gasteiger partial charge on any atom is -0.853 e. The highest BCUT2D eigenvalue weighted by atomic mass is 35.5. The van der Waals surface area contributed by atoms with Crippen LogP contribution >= 0.6 is 11.6 Å². The summed E-state index contributed by atoms with van der Waals surface area (Å²) in [5.74, 6) is -1.18. The van der Waals surface area contributed by atoms with Gasteiger partial charge in [-0.3, -0.25) is 0 Å². The topological polar surface area (TPSA) is 69.0 Å². The Labute approximate surface area is 109 Å². The predicted octanol–water partition coefficient (Wildman–Crippen LogP) is 3.10. The molecule has 0 amide bonds. The van der Waals surface area contributed by atoms with Gasteiger partial charge in [-0.15, -0.1) is 0 Å². The van der Waals surface area contributed by atoms with Crippen LogP contribution in [0.25, 0.3) is 10.7 Å². The maximum absolute atomic E-state index is 12.6. The molecule has 0 atom stereocenters. The molecule has 5 nitrogen and oxygen atoms in total. The van der Waals surface area contributed by atoms with Crippen LogP contribution in [0.15, 0.2) is 24.3 Å². The van der Waals surface area contributed by atoms with Crippen LogP contribution in [0.3, 0.4) is 0 Å².